The van der Waals surface area contributed by atoms with Crippen LogP contribution in [0.25, 0.3) is 0 Å². The van der Waals surface area contributed by atoms with Crippen LogP contribution in [0, 0.1) is 6.92 Å². The molecule has 0 saturated carbocycles. The topological polar surface area (TPSA) is 73.8 Å². The Morgan fingerprint density at radius 2 is 2.08 bits per heavy atom. The maximum absolute atomic E-state index is 12.6. The van der Waals surface area contributed by atoms with E-state index in [0.29, 0.717) is 36.0 Å². The molecular weight excluding hydrogens is 310 g/mol. The molecule has 7 heteroatoms. The summed E-state index contributed by atoms with van der Waals surface area (Å²) in [6.07, 6.45) is 0.700. The van der Waals surface area contributed by atoms with Gasteiger partial charge in [0.2, 0.25) is 12.7 Å². The van der Waals surface area contributed by atoms with Gasteiger partial charge in [0.05, 0.1) is 12.2 Å². The van der Waals surface area contributed by atoms with Crippen molar-refractivity contribution in [3.8, 4) is 17.4 Å². The van der Waals surface area contributed by atoms with E-state index in [2.05, 4.69) is 10.2 Å². The fourth-order valence-electron chi connectivity index (χ4n) is 2.84. The molecule has 0 radical (unpaired) electrons. The van der Waals surface area contributed by atoms with Gasteiger partial charge in [-0.1, -0.05) is 0 Å². The van der Waals surface area contributed by atoms with Crippen LogP contribution in [0.2, 0.25) is 0 Å². The second kappa shape index (κ2) is 5.99. The smallest absolute Gasteiger partial charge is 0.254 e. The van der Waals surface area contributed by atoms with E-state index >= 15 is 0 Å². The largest absolute Gasteiger partial charge is 0.471 e. The SMILES string of the molecule is Cc1ccc(OC2CCN(C(=O)c3ccc4c(c3)OCO4)C2)nn1. The standard InChI is InChI=1S/C17H17N3O4/c1-11-2-5-16(19-18-11)24-13-6-7-20(9-13)17(21)12-3-4-14-15(8-12)23-10-22-14/h2-5,8,13H,6-7,9-10H2,1H3. The van der Waals surface area contributed by atoms with Gasteiger partial charge in [-0.2, -0.15) is 5.10 Å². The highest BCUT2D eigenvalue weighted by Crippen LogP contribution is 2.33. The summed E-state index contributed by atoms with van der Waals surface area (Å²) < 4.78 is 16.4. The molecule has 1 saturated heterocycles. The molecular formula is C17H17N3O4. The number of likely N-dealkylation sites (tertiary alicyclic amines) is 1. The minimum atomic E-state index is -0.0695. The molecule has 2 aliphatic heterocycles. The molecule has 7 nitrogen and oxygen atoms in total. The molecule has 2 aromatic rings. The molecule has 0 spiro atoms. The van der Waals surface area contributed by atoms with Gasteiger partial charge in [-0.3, -0.25) is 4.79 Å². The van der Waals surface area contributed by atoms with Crippen LogP contribution in [-0.4, -0.2) is 47.0 Å². The van der Waals surface area contributed by atoms with Crippen molar-refractivity contribution >= 4 is 5.91 Å². The maximum atomic E-state index is 12.6. The highest BCUT2D eigenvalue weighted by Gasteiger charge is 2.29. The lowest BCUT2D eigenvalue weighted by Gasteiger charge is -2.17. The highest BCUT2D eigenvalue weighted by molar-refractivity contribution is 5.95. The molecule has 124 valence electrons. The number of benzene rings is 1. The molecule has 1 fully saturated rings. The molecule has 1 amide bonds. The van der Waals surface area contributed by atoms with E-state index in [9.17, 15) is 4.79 Å². The first-order chi connectivity index (χ1) is 11.7. The van der Waals surface area contributed by atoms with Crippen molar-refractivity contribution < 1.29 is 19.0 Å². The number of aryl methyl sites for hydroxylation is 1. The predicted octanol–water partition coefficient (Wildman–Crippen LogP) is 1.81. The minimum absolute atomic E-state index is 0.0330. The van der Waals surface area contributed by atoms with E-state index in [-0.39, 0.29) is 18.8 Å². The maximum Gasteiger partial charge on any atom is 0.254 e. The highest BCUT2D eigenvalue weighted by atomic mass is 16.7. The molecule has 3 heterocycles. The first-order valence-corrected chi connectivity index (χ1v) is 7.85. The van der Waals surface area contributed by atoms with Gasteiger partial charge in [-0.25, -0.2) is 0 Å². The summed E-state index contributed by atoms with van der Waals surface area (Å²) in [5.41, 5.74) is 1.43. The van der Waals surface area contributed by atoms with Gasteiger partial charge in [0.1, 0.15) is 6.10 Å². The normalized spacial score (nSPS) is 18.7. The van der Waals surface area contributed by atoms with Crippen molar-refractivity contribution in [1.82, 2.24) is 15.1 Å². The van der Waals surface area contributed by atoms with Gasteiger partial charge >= 0.3 is 0 Å². The third kappa shape index (κ3) is 2.84. The Labute approximate surface area is 139 Å². The van der Waals surface area contributed by atoms with Gasteiger partial charge in [0.15, 0.2) is 11.5 Å². The number of aromatic nitrogens is 2. The van der Waals surface area contributed by atoms with E-state index in [1.165, 1.54) is 0 Å². The zero-order chi connectivity index (χ0) is 16.5. The molecule has 1 aromatic carbocycles. The summed E-state index contributed by atoms with van der Waals surface area (Å²) >= 11 is 0. The summed E-state index contributed by atoms with van der Waals surface area (Å²) in [7, 11) is 0. The van der Waals surface area contributed by atoms with E-state index < -0.39 is 0 Å². The number of carbonyl (C=O) groups is 1. The predicted molar refractivity (Wildman–Crippen MR) is 84.3 cm³/mol. The van der Waals surface area contributed by atoms with Crippen molar-refractivity contribution in [2.45, 2.75) is 19.4 Å². The number of ether oxygens (including phenoxy) is 3. The van der Waals surface area contributed by atoms with Crippen LogP contribution in [0.15, 0.2) is 30.3 Å². The first kappa shape index (κ1) is 14.7. The minimum Gasteiger partial charge on any atom is -0.471 e. The van der Waals surface area contributed by atoms with Crippen LogP contribution >= 0.6 is 0 Å². The average molecular weight is 327 g/mol. The van der Waals surface area contributed by atoms with Crippen LogP contribution in [0.3, 0.4) is 0 Å². The molecule has 2 aliphatic rings. The number of fused-ring (bicyclic) bond motifs is 1. The molecule has 0 bridgehead atoms. The number of hydrogen-bond donors (Lipinski definition) is 0. The fraction of sp³-hybridized carbons (Fsp3) is 0.353. The molecule has 1 atom stereocenters. The van der Waals surface area contributed by atoms with Gasteiger partial charge in [-0.05, 0) is 31.2 Å². The molecule has 0 aliphatic carbocycles. The van der Waals surface area contributed by atoms with E-state index in [0.717, 1.165) is 12.1 Å². The van der Waals surface area contributed by atoms with Gasteiger partial charge in [0.25, 0.3) is 5.91 Å². The number of carbonyl (C=O) groups excluding carboxylic acids is 1. The average Bonchev–Trinajstić information content (AvgIpc) is 3.24. The van der Waals surface area contributed by atoms with Crippen molar-refractivity contribution in [3.05, 3.63) is 41.6 Å². The van der Waals surface area contributed by atoms with Crippen LogP contribution in [0.4, 0.5) is 0 Å². The monoisotopic (exact) mass is 327 g/mol. The lowest BCUT2D eigenvalue weighted by atomic mass is 10.2. The van der Waals surface area contributed by atoms with Crippen LogP contribution in [-0.2, 0) is 0 Å². The molecule has 1 unspecified atom stereocenters. The van der Waals surface area contributed by atoms with Crippen LogP contribution in [0.1, 0.15) is 22.5 Å². The quantitative estimate of drug-likeness (QED) is 0.856. The first-order valence-electron chi connectivity index (χ1n) is 7.85. The molecule has 24 heavy (non-hydrogen) atoms. The molecule has 1 aromatic heterocycles. The second-order valence-corrected chi connectivity index (χ2v) is 5.86. The Bertz CT molecular complexity index is 763. The lowest BCUT2D eigenvalue weighted by Crippen LogP contribution is -2.31. The molecule has 0 N–H and O–H groups in total. The Morgan fingerprint density at radius 3 is 2.92 bits per heavy atom. The van der Waals surface area contributed by atoms with Crippen molar-refractivity contribution in [3.63, 3.8) is 0 Å². The van der Waals surface area contributed by atoms with Crippen molar-refractivity contribution in [1.29, 1.82) is 0 Å². The summed E-state index contributed by atoms with van der Waals surface area (Å²) in [5, 5.41) is 7.98. The summed E-state index contributed by atoms with van der Waals surface area (Å²) in [5.74, 6) is 1.74. The zero-order valence-corrected chi connectivity index (χ0v) is 13.3. The Balaban J connectivity index is 1.41. The van der Waals surface area contributed by atoms with Crippen molar-refractivity contribution in [2.24, 2.45) is 0 Å². The van der Waals surface area contributed by atoms with Gasteiger partial charge in [0, 0.05) is 24.6 Å². The van der Waals surface area contributed by atoms with Gasteiger partial charge in [-0.15, -0.1) is 5.10 Å². The Hall–Kier alpha value is -2.83. The summed E-state index contributed by atoms with van der Waals surface area (Å²) in [6.45, 7) is 3.25. The number of nitrogens with zero attached hydrogens (tertiary/aromatic N) is 3. The van der Waals surface area contributed by atoms with E-state index in [1.807, 2.05) is 13.0 Å². The van der Waals surface area contributed by atoms with Crippen LogP contribution < -0.4 is 14.2 Å². The Kier molecular flexibility index (Phi) is 3.68. The van der Waals surface area contributed by atoms with E-state index in [4.69, 9.17) is 14.2 Å². The van der Waals surface area contributed by atoms with Gasteiger partial charge < -0.3 is 19.1 Å². The third-order valence-electron chi connectivity index (χ3n) is 4.11. The zero-order valence-electron chi connectivity index (χ0n) is 13.3. The Morgan fingerprint density at radius 1 is 1.21 bits per heavy atom. The van der Waals surface area contributed by atoms with E-state index in [1.54, 1.807) is 29.2 Å². The molecule has 4 rings (SSSR count). The van der Waals surface area contributed by atoms with Crippen molar-refractivity contribution in [2.75, 3.05) is 19.9 Å². The summed E-state index contributed by atoms with van der Waals surface area (Å²) in [4.78, 5) is 14.4. The summed E-state index contributed by atoms with van der Waals surface area (Å²) in [6, 6.07) is 8.90. The second-order valence-electron chi connectivity index (χ2n) is 5.86. The third-order valence-corrected chi connectivity index (χ3v) is 4.11. The number of amides is 1. The number of hydrogen-bond acceptors (Lipinski definition) is 6. The number of rotatable bonds is 3. The fourth-order valence-corrected chi connectivity index (χ4v) is 2.84. The lowest BCUT2D eigenvalue weighted by molar-refractivity contribution is 0.0770. The van der Waals surface area contributed by atoms with Crippen LogP contribution in [0.5, 0.6) is 17.4 Å².